The van der Waals surface area contributed by atoms with Crippen LogP contribution in [0.2, 0.25) is 5.02 Å². The van der Waals surface area contributed by atoms with E-state index < -0.39 is 0 Å². The molecule has 0 bridgehead atoms. The fourth-order valence-corrected chi connectivity index (χ4v) is 2.55. The van der Waals surface area contributed by atoms with E-state index in [1.807, 2.05) is 12.1 Å². The van der Waals surface area contributed by atoms with Crippen LogP contribution < -0.4 is 10.2 Å². The zero-order valence-corrected chi connectivity index (χ0v) is 13.5. The molecule has 0 unspecified atom stereocenters. The van der Waals surface area contributed by atoms with Crippen molar-refractivity contribution < 1.29 is 10.2 Å². The van der Waals surface area contributed by atoms with E-state index in [-0.39, 0.29) is 0 Å². The Morgan fingerprint density at radius 3 is 2.26 bits per heavy atom. The predicted octanol–water partition coefficient (Wildman–Crippen LogP) is 1.18. The Hall–Kier alpha value is -0.570. The quantitative estimate of drug-likeness (QED) is 0.669. The highest BCUT2D eigenvalue weighted by Gasteiger charge is 2.16. The largest absolute Gasteiger partial charge is 0.342 e. The summed E-state index contributed by atoms with van der Waals surface area (Å²) in [5, 5.41) is 3.27. The van der Waals surface area contributed by atoms with Gasteiger partial charge in [-0.05, 0) is 29.5 Å². The van der Waals surface area contributed by atoms with Gasteiger partial charge in [-0.2, -0.15) is 0 Å². The van der Waals surface area contributed by atoms with Crippen LogP contribution in [-0.2, 0) is 0 Å². The molecule has 0 aliphatic rings. The Morgan fingerprint density at radius 1 is 1.11 bits per heavy atom. The van der Waals surface area contributed by atoms with Crippen LogP contribution in [-0.4, -0.2) is 33.7 Å². The van der Waals surface area contributed by atoms with Crippen LogP contribution in [0.1, 0.15) is 31.7 Å². The normalized spacial score (nSPS) is 13.2. The van der Waals surface area contributed by atoms with Crippen molar-refractivity contribution in [3.63, 3.8) is 0 Å². The second-order valence-corrected chi connectivity index (χ2v) is 6.45. The molecule has 0 saturated heterocycles. The number of halogens is 1. The van der Waals surface area contributed by atoms with Gasteiger partial charge in [-0.25, -0.2) is 0 Å². The Kier molecular flexibility index (Phi) is 7.44. The molecule has 108 valence electrons. The summed E-state index contributed by atoms with van der Waals surface area (Å²) in [5.74, 6) is 1.31. The van der Waals surface area contributed by atoms with E-state index in [0.29, 0.717) is 11.8 Å². The smallest absolute Gasteiger partial charge is 0.126 e. The number of nitrogens with one attached hydrogen (secondary N) is 1. The molecule has 1 rings (SSSR count). The van der Waals surface area contributed by atoms with Gasteiger partial charge in [-0.3, -0.25) is 0 Å². The van der Waals surface area contributed by atoms with Crippen molar-refractivity contribution in [3.05, 3.63) is 34.9 Å². The van der Waals surface area contributed by atoms with Gasteiger partial charge in [0.05, 0.1) is 20.6 Å². The van der Waals surface area contributed by atoms with E-state index in [0.717, 1.165) is 5.02 Å². The first kappa shape index (κ1) is 16.5. The fourth-order valence-electron chi connectivity index (χ4n) is 2.43. The van der Waals surface area contributed by atoms with Gasteiger partial charge < -0.3 is 10.2 Å². The van der Waals surface area contributed by atoms with Crippen molar-refractivity contribution in [1.29, 1.82) is 0 Å². The topological polar surface area (TPSA) is 21.1 Å². The maximum Gasteiger partial charge on any atom is 0.126 e. The first-order valence-electron chi connectivity index (χ1n) is 7.37. The molecule has 0 saturated carbocycles. The standard InChI is InChI=1S/C16H27ClN2/c1-13(2)16(9-10-18-11-12-19(3)4)14-5-7-15(17)8-6-14/h5-8,13,16,18H,9-12H2,1-4H3/p+2/t16-/m0/s1. The van der Waals surface area contributed by atoms with Crippen LogP contribution in [0, 0.1) is 5.92 Å². The first-order valence-corrected chi connectivity index (χ1v) is 7.74. The average Bonchev–Trinajstić information content (AvgIpc) is 2.34. The SMILES string of the molecule is CC(C)[C@H](CC[NH2+]CC[NH+](C)C)c1ccc(Cl)cc1. The third kappa shape index (κ3) is 6.42. The predicted molar refractivity (Wildman–Crippen MR) is 83.0 cm³/mol. The lowest BCUT2D eigenvalue weighted by Gasteiger charge is -2.20. The molecular formula is C16H29ClN2+2. The van der Waals surface area contributed by atoms with Gasteiger partial charge in [-0.1, -0.05) is 37.6 Å². The maximum absolute atomic E-state index is 5.96. The molecule has 1 aromatic carbocycles. The van der Waals surface area contributed by atoms with Crippen LogP contribution >= 0.6 is 11.6 Å². The highest BCUT2D eigenvalue weighted by atomic mass is 35.5. The second-order valence-electron chi connectivity index (χ2n) is 6.01. The lowest BCUT2D eigenvalue weighted by atomic mass is 9.86. The first-order chi connectivity index (χ1) is 9.00. The molecule has 1 atom stereocenters. The molecule has 0 aliphatic heterocycles. The Balaban J connectivity index is 2.43. The van der Waals surface area contributed by atoms with Gasteiger partial charge in [-0.15, -0.1) is 0 Å². The molecule has 3 heteroatoms. The zero-order chi connectivity index (χ0) is 14.3. The van der Waals surface area contributed by atoms with Gasteiger partial charge >= 0.3 is 0 Å². The molecule has 0 aromatic heterocycles. The Bertz CT molecular complexity index is 346. The van der Waals surface area contributed by atoms with Crippen molar-refractivity contribution in [3.8, 4) is 0 Å². The van der Waals surface area contributed by atoms with Crippen molar-refractivity contribution in [2.45, 2.75) is 26.2 Å². The monoisotopic (exact) mass is 284 g/mol. The zero-order valence-electron chi connectivity index (χ0n) is 12.7. The number of quaternary nitrogens is 2. The van der Waals surface area contributed by atoms with E-state index in [2.05, 4.69) is 45.4 Å². The fraction of sp³-hybridized carbons (Fsp3) is 0.625. The number of nitrogens with two attached hydrogens (primary N) is 1. The molecule has 0 radical (unpaired) electrons. The van der Waals surface area contributed by atoms with E-state index in [1.165, 1.54) is 36.5 Å². The highest BCUT2D eigenvalue weighted by Crippen LogP contribution is 2.28. The maximum atomic E-state index is 5.96. The third-order valence-corrected chi connectivity index (χ3v) is 3.89. The summed E-state index contributed by atoms with van der Waals surface area (Å²) in [6.45, 7) is 8.27. The van der Waals surface area contributed by atoms with Gasteiger partial charge in [0.15, 0.2) is 0 Å². The van der Waals surface area contributed by atoms with Crippen LogP contribution in [0.4, 0.5) is 0 Å². The number of benzene rings is 1. The number of rotatable bonds is 8. The molecule has 0 fully saturated rings. The average molecular weight is 285 g/mol. The molecule has 0 heterocycles. The van der Waals surface area contributed by atoms with Crippen molar-refractivity contribution in [2.24, 2.45) is 5.92 Å². The minimum absolute atomic E-state index is 0.639. The number of hydrogen-bond acceptors (Lipinski definition) is 0. The molecular weight excluding hydrogens is 256 g/mol. The molecule has 0 aliphatic carbocycles. The Labute approximate surface area is 123 Å². The molecule has 0 amide bonds. The van der Waals surface area contributed by atoms with Gasteiger partial charge in [0.2, 0.25) is 0 Å². The summed E-state index contributed by atoms with van der Waals surface area (Å²) < 4.78 is 0. The molecule has 2 nitrogen and oxygen atoms in total. The summed E-state index contributed by atoms with van der Waals surface area (Å²) in [4.78, 5) is 1.52. The summed E-state index contributed by atoms with van der Waals surface area (Å²) in [5.41, 5.74) is 1.42. The molecule has 3 N–H and O–H groups in total. The van der Waals surface area contributed by atoms with Gasteiger partial charge in [0.25, 0.3) is 0 Å². The molecule has 19 heavy (non-hydrogen) atoms. The lowest BCUT2D eigenvalue weighted by molar-refractivity contribution is -0.874. The van der Waals surface area contributed by atoms with Crippen molar-refractivity contribution >= 4 is 11.6 Å². The third-order valence-electron chi connectivity index (χ3n) is 3.63. The van der Waals surface area contributed by atoms with Crippen LogP contribution in [0.5, 0.6) is 0 Å². The van der Waals surface area contributed by atoms with Crippen LogP contribution in [0.15, 0.2) is 24.3 Å². The van der Waals surface area contributed by atoms with Crippen molar-refractivity contribution in [2.75, 3.05) is 33.7 Å². The second kappa shape index (κ2) is 8.57. The van der Waals surface area contributed by atoms with E-state index >= 15 is 0 Å². The minimum Gasteiger partial charge on any atom is -0.342 e. The minimum atomic E-state index is 0.639. The molecule has 1 aromatic rings. The molecule has 0 spiro atoms. The number of likely N-dealkylation sites (N-methyl/N-ethyl adjacent to an activating group) is 1. The van der Waals surface area contributed by atoms with E-state index in [9.17, 15) is 0 Å². The Morgan fingerprint density at radius 2 is 1.74 bits per heavy atom. The number of hydrogen-bond donors (Lipinski definition) is 2. The summed E-state index contributed by atoms with van der Waals surface area (Å²) >= 11 is 5.96. The highest BCUT2D eigenvalue weighted by molar-refractivity contribution is 6.30. The summed E-state index contributed by atoms with van der Waals surface area (Å²) in [6, 6.07) is 8.37. The van der Waals surface area contributed by atoms with Gasteiger partial charge in [0.1, 0.15) is 13.1 Å². The summed E-state index contributed by atoms with van der Waals surface area (Å²) in [7, 11) is 4.41. The lowest BCUT2D eigenvalue weighted by Crippen LogP contribution is -3.09. The van der Waals surface area contributed by atoms with Crippen LogP contribution in [0.3, 0.4) is 0 Å². The van der Waals surface area contributed by atoms with Crippen molar-refractivity contribution in [1.82, 2.24) is 0 Å². The van der Waals surface area contributed by atoms with E-state index in [4.69, 9.17) is 11.6 Å². The van der Waals surface area contributed by atoms with Crippen LogP contribution in [0.25, 0.3) is 0 Å². The van der Waals surface area contributed by atoms with E-state index in [1.54, 1.807) is 0 Å². The summed E-state index contributed by atoms with van der Waals surface area (Å²) in [6.07, 6.45) is 1.24. The van der Waals surface area contributed by atoms with Gasteiger partial charge in [0, 0.05) is 11.4 Å².